The van der Waals surface area contributed by atoms with E-state index in [0.717, 1.165) is 24.2 Å². The summed E-state index contributed by atoms with van der Waals surface area (Å²) < 4.78 is 8.32. The fourth-order valence-corrected chi connectivity index (χ4v) is 2.76. The van der Waals surface area contributed by atoms with Gasteiger partial charge in [-0.05, 0) is 24.2 Å². The molecule has 0 saturated heterocycles. The molecule has 4 nitrogen and oxygen atoms in total. The quantitative estimate of drug-likeness (QED) is 0.804. The summed E-state index contributed by atoms with van der Waals surface area (Å²) in [6.45, 7) is 12.9. The second-order valence-electron chi connectivity index (χ2n) is 6.42. The van der Waals surface area contributed by atoms with Crippen molar-refractivity contribution in [1.82, 2.24) is 14.5 Å². The van der Waals surface area contributed by atoms with Crippen LogP contribution in [0, 0.1) is 0 Å². The molecule has 0 saturated carbocycles. The molecule has 0 aliphatic carbocycles. The van der Waals surface area contributed by atoms with E-state index in [1.807, 2.05) is 18.5 Å². The Balaban J connectivity index is 2.00. The third-order valence-electron chi connectivity index (χ3n) is 4.03. The van der Waals surface area contributed by atoms with Crippen molar-refractivity contribution >= 4 is 19.4 Å². The van der Waals surface area contributed by atoms with E-state index in [4.69, 9.17) is 4.43 Å². The van der Waals surface area contributed by atoms with E-state index in [2.05, 4.69) is 48.4 Å². The van der Waals surface area contributed by atoms with Crippen LogP contribution >= 0.6 is 0 Å². The van der Waals surface area contributed by atoms with E-state index >= 15 is 0 Å². The number of nitrogens with zero attached hydrogens (tertiary/aromatic N) is 3. The maximum atomic E-state index is 6.19. The van der Waals surface area contributed by atoms with Gasteiger partial charge in [-0.15, -0.1) is 0 Å². The maximum Gasteiger partial charge on any atom is 0.192 e. The standard InChI is InChI=1S/C14H23N3OSi/c1-14(2,3)19(4,5)18-9-8-17-7-6-12-10-15-11-16-13(12)17/h6-7,10-11H,8-9H2,1-5H3. The van der Waals surface area contributed by atoms with E-state index in [1.54, 1.807) is 6.33 Å². The molecular formula is C14H23N3OSi. The SMILES string of the molecule is CC(C)(C)[Si](C)(C)OCCn1ccc2cncnc21. The Labute approximate surface area is 116 Å². The van der Waals surface area contributed by atoms with Crippen molar-refractivity contribution in [3.8, 4) is 0 Å². The van der Waals surface area contributed by atoms with Gasteiger partial charge >= 0.3 is 0 Å². The average molecular weight is 277 g/mol. The van der Waals surface area contributed by atoms with E-state index in [9.17, 15) is 0 Å². The number of fused-ring (bicyclic) bond motifs is 1. The fourth-order valence-electron chi connectivity index (χ4n) is 1.73. The minimum absolute atomic E-state index is 0.258. The van der Waals surface area contributed by atoms with Crippen LogP contribution in [-0.4, -0.2) is 29.5 Å². The summed E-state index contributed by atoms with van der Waals surface area (Å²) in [6, 6.07) is 2.04. The van der Waals surface area contributed by atoms with E-state index in [-0.39, 0.29) is 5.04 Å². The highest BCUT2D eigenvalue weighted by atomic mass is 28.4. The fraction of sp³-hybridized carbons (Fsp3) is 0.571. The van der Waals surface area contributed by atoms with E-state index in [1.165, 1.54) is 0 Å². The molecule has 104 valence electrons. The van der Waals surface area contributed by atoms with Gasteiger partial charge in [0, 0.05) is 24.3 Å². The number of hydrogen-bond donors (Lipinski definition) is 0. The minimum atomic E-state index is -1.65. The zero-order valence-corrected chi connectivity index (χ0v) is 13.5. The Bertz CT molecular complexity index is 557. The van der Waals surface area contributed by atoms with Crippen molar-refractivity contribution in [2.45, 2.75) is 45.4 Å². The molecular weight excluding hydrogens is 254 g/mol. The van der Waals surface area contributed by atoms with Gasteiger partial charge in [0.05, 0.1) is 6.61 Å². The van der Waals surface area contributed by atoms with Crippen LogP contribution in [0.5, 0.6) is 0 Å². The van der Waals surface area contributed by atoms with Gasteiger partial charge in [0.25, 0.3) is 0 Å². The zero-order chi connectivity index (χ0) is 14.1. The van der Waals surface area contributed by atoms with Crippen LogP contribution in [0.15, 0.2) is 24.8 Å². The van der Waals surface area contributed by atoms with E-state index < -0.39 is 8.32 Å². The van der Waals surface area contributed by atoms with Crippen LogP contribution in [0.25, 0.3) is 11.0 Å². The van der Waals surface area contributed by atoms with Crippen LogP contribution in [0.3, 0.4) is 0 Å². The molecule has 2 aromatic rings. The van der Waals surface area contributed by atoms with Crippen LogP contribution in [0.4, 0.5) is 0 Å². The topological polar surface area (TPSA) is 39.9 Å². The lowest BCUT2D eigenvalue weighted by Crippen LogP contribution is -2.41. The Morgan fingerprint density at radius 3 is 2.74 bits per heavy atom. The summed E-state index contributed by atoms with van der Waals surface area (Å²) in [5, 5.41) is 1.34. The van der Waals surface area contributed by atoms with Crippen molar-refractivity contribution in [3.05, 3.63) is 24.8 Å². The van der Waals surface area contributed by atoms with Crippen molar-refractivity contribution in [2.24, 2.45) is 0 Å². The van der Waals surface area contributed by atoms with Gasteiger partial charge in [-0.2, -0.15) is 0 Å². The molecule has 0 radical (unpaired) electrons. The molecule has 2 aromatic heterocycles. The largest absolute Gasteiger partial charge is 0.415 e. The summed E-state index contributed by atoms with van der Waals surface area (Å²) in [6.07, 6.45) is 5.48. The Morgan fingerprint density at radius 2 is 2.05 bits per heavy atom. The van der Waals surface area contributed by atoms with Gasteiger partial charge in [0.1, 0.15) is 12.0 Å². The lowest BCUT2D eigenvalue weighted by atomic mass is 10.2. The summed E-state index contributed by atoms with van der Waals surface area (Å²) in [5.74, 6) is 0. The highest BCUT2D eigenvalue weighted by molar-refractivity contribution is 6.74. The summed E-state index contributed by atoms with van der Waals surface area (Å²) >= 11 is 0. The predicted molar refractivity (Wildman–Crippen MR) is 80.7 cm³/mol. The van der Waals surface area contributed by atoms with Crippen molar-refractivity contribution in [2.75, 3.05) is 6.61 Å². The Morgan fingerprint density at radius 1 is 1.32 bits per heavy atom. The van der Waals surface area contributed by atoms with Crippen LogP contribution in [-0.2, 0) is 11.0 Å². The van der Waals surface area contributed by atoms with Crippen LogP contribution < -0.4 is 0 Å². The minimum Gasteiger partial charge on any atom is -0.415 e. The molecule has 0 amide bonds. The van der Waals surface area contributed by atoms with Gasteiger partial charge < -0.3 is 8.99 Å². The summed E-state index contributed by atoms with van der Waals surface area (Å²) in [5.41, 5.74) is 0.980. The van der Waals surface area contributed by atoms with Gasteiger partial charge in [-0.1, -0.05) is 20.8 Å². The number of hydrogen-bond acceptors (Lipinski definition) is 3. The van der Waals surface area contributed by atoms with Gasteiger partial charge in [0.2, 0.25) is 0 Å². The van der Waals surface area contributed by atoms with Crippen molar-refractivity contribution in [3.63, 3.8) is 0 Å². The highest BCUT2D eigenvalue weighted by Crippen LogP contribution is 2.36. The van der Waals surface area contributed by atoms with Gasteiger partial charge in [-0.25, -0.2) is 9.97 Å². The maximum absolute atomic E-state index is 6.19. The second-order valence-corrected chi connectivity index (χ2v) is 11.2. The predicted octanol–water partition coefficient (Wildman–Crippen LogP) is 3.45. The Kier molecular flexibility index (Phi) is 3.78. The summed E-state index contributed by atoms with van der Waals surface area (Å²) in [7, 11) is -1.65. The molecule has 0 fully saturated rings. The molecule has 0 unspecified atom stereocenters. The molecule has 2 heterocycles. The lowest BCUT2D eigenvalue weighted by Gasteiger charge is -2.36. The first-order chi connectivity index (χ1) is 8.81. The molecule has 0 atom stereocenters. The first kappa shape index (κ1) is 14.2. The smallest absolute Gasteiger partial charge is 0.192 e. The number of rotatable bonds is 4. The normalized spacial score (nSPS) is 13.1. The molecule has 2 rings (SSSR count). The third-order valence-corrected chi connectivity index (χ3v) is 8.56. The van der Waals surface area contributed by atoms with Crippen LogP contribution in [0.2, 0.25) is 18.1 Å². The molecule has 0 bridgehead atoms. The molecule has 0 N–H and O–H groups in total. The van der Waals surface area contributed by atoms with Crippen molar-refractivity contribution in [1.29, 1.82) is 0 Å². The van der Waals surface area contributed by atoms with Gasteiger partial charge in [0.15, 0.2) is 8.32 Å². The van der Waals surface area contributed by atoms with Crippen LogP contribution in [0.1, 0.15) is 20.8 Å². The zero-order valence-electron chi connectivity index (χ0n) is 12.5. The number of aromatic nitrogens is 3. The molecule has 0 aromatic carbocycles. The molecule has 5 heteroatoms. The molecule has 0 aliphatic heterocycles. The lowest BCUT2D eigenvalue weighted by molar-refractivity contribution is 0.273. The molecule has 0 aliphatic rings. The summed E-state index contributed by atoms with van der Waals surface area (Å²) in [4.78, 5) is 8.34. The molecule has 0 spiro atoms. The Hall–Kier alpha value is -1.20. The van der Waals surface area contributed by atoms with E-state index in [0.29, 0.717) is 0 Å². The first-order valence-corrected chi connectivity index (χ1v) is 9.61. The first-order valence-electron chi connectivity index (χ1n) is 6.70. The highest BCUT2D eigenvalue weighted by Gasteiger charge is 2.36. The monoisotopic (exact) mass is 277 g/mol. The third kappa shape index (κ3) is 3.04. The van der Waals surface area contributed by atoms with Gasteiger partial charge in [-0.3, -0.25) is 0 Å². The average Bonchev–Trinajstić information content (AvgIpc) is 2.71. The van der Waals surface area contributed by atoms with Crippen molar-refractivity contribution < 1.29 is 4.43 Å². The second kappa shape index (κ2) is 5.05. The molecule has 19 heavy (non-hydrogen) atoms.